The van der Waals surface area contributed by atoms with E-state index in [1.54, 1.807) is 6.07 Å². The monoisotopic (exact) mass is 264 g/mol. The predicted octanol–water partition coefficient (Wildman–Crippen LogP) is 3.21. The average molecular weight is 264 g/mol. The van der Waals surface area contributed by atoms with Crippen molar-refractivity contribution in [2.24, 2.45) is 5.92 Å². The molecule has 1 saturated heterocycles. The summed E-state index contributed by atoms with van der Waals surface area (Å²) < 4.78 is 13.7. The summed E-state index contributed by atoms with van der Waals surface area (Å²) in [5.74, 6) is 0.545. The van der Waals surface area contributed by atoms with E-state index in [0.29, 0.717) is 12.0 Å². The number of nitrogens with one attached hydrogen (secondary N) is 1. The zero-order chi connectivity index (χ0) is 13.8. The third kappa shape index (κ3) is 3.77. The Morgan fingerprint density at radius 3 is 2.74 bits per heavy atom. The maximum atomic E-state index is 13.7. The molecular weight excluding hydrogens is 239 g/mol. The first kappa shape index (κ1) is 14.5. The van der Waals surface area contributed by atoms with Gasteiger partial charge >= 0.3 is 0 Å². The van der Waals surface area contributed by atoms with E-state index in [9.17, 15) is 4.39 Å². The molecule has 2 unspecified atom stereocenters. The van der Waals surface area contributed by atoms with Gasteiger partial charge in [0.05, 0.1) is 0 Å². The van der Waals surface area contributed by atoms with Gasteiger partial charge in [0, 0.05) is 24.2 Å². The second-order valence-electron chi connectivity index (χ2n) is 5.86. The Hall–Kier alpha value is -0.930. The SMILES string of the molecule is CC(N[C@H](C)c1ccccc1F)C1CCCN(C)C1. The van der Waals surface area contributed by atoms with Crippen LogP contribution >= 0.6 is 0 Å². The van der Waals surface area contributed by atoms with Crippen LogP contribution in [-0.2, 0) is 0 Å². The molecule has 0 spiro atoms. The minimum atomic E-state index is -0.115. The summed E-state index contributed by atoms with van der Waals surface area (Å²) in [6.45, 7) is 6.60. The summed E-state index contributed by atoms with van der Waals surface area (Å²) in [4.78, 5) is 2.39. The molecule has 0 saturated carbocycles. The van der Waals surface area contributed by atoms with Crippen molar-refractivity contribution in [2.45, 2.75) is 38.8 Å². The molecule has 1 heterocycles. The van der Waals surface area contributed by atoms with Gasteiger partial charge < -0.3 is 10.2 Å². The fourth-order valence-corrected chi connectivity index (χ4v) is 3.06. The summed E-state index contributed by atoms with van der Waals surface area (Å²) in [5.41, 5.74) is 0.763. The van der Waals surface area contributed by atoms with E-state index in [2.05, 4.69) is 24.2 Å². The summed E-state index contributed by atoms with van der Waals surface area (Å²) in [6, 6.07) is 7.51. The summed E-state index contributed by atoms with van der Waals surface area (Å²) in [7, 11) is 2.18. The second-order valence-corrected chi connectivity index (χ2v) is 5.86. The lowest BCUT2D eigenvalue weighted by atomic mass is 9.91. The van der Waals surface area contributed by atoms with E-state index < -0.39 is 0 Å². The molecule has 106 valence electrons. The predicted molar refractivity (Wildman–Crippen MR) is 77.6 cm³/mol. The van der Waals surface area contributed by atoms with Gasteiger partial charge in [0.25, 0.3) is 0 Å². The summed E-state index contributed by atoms with van der Waals surface area (Å²) in [5, 5.41) is 3.56. The van der Waals surface area contributed by atoms with E-state index in [0.717, 1.165) is 12.1 Å². The number of benzene rings is 1. The number of hydrogen-bond acceptors (Lipinski definition) is 2. The molecule has 1 N–H and O–H groups in total. The zero-order valence-electron chi connectivity index (χ0n) is 12.2. The zero-order valence-corrected chi connectivity index (χ0v) is 12.2. The number of nitrogens with zero attached hydrogens (tertiary/aromatic N) is 1. The van der Waals surface area contributed by atoms with Crippen LogP contribution in [0.4, 0.5) is 4.39 Å². The minimum absolute atomic E-state index is 0.0587. The topological polar surface area (TPSA) is 15.3 Å². The van der Waals surface area contributed by atoms with Gasteiger partial charge in [0.1, 0.15) is 5.82 Å². The van der Waals surface area contributed by atoms with Gasteiger partial charge in [-0.1, -0.05) is 18.2 Å². The maximum Gasteiger partial charge on any atom is 0.127 e. The summed E-state index contributed by atoms with van der Waals surface area (Å²) in [6.07, 6.45) is 2.53. The smallest absolute Gasteiger partial charge is 0.127 e. The number of piperidine rings is 1. The van der Waals surface area contributed by atoms with Crippen LogP contribution < -0.4 is 5.32 Å². The lowest BCUT2D eigenvalue weighted by Crippen LogP contribution is -2.43. The molecule has 2 nitrogen and oxygen atoms in total. The van der Waals surface area contributed by atoms with Gasteiger partial charge in [-0.3, -0.25) is 0 Å². The van der Waals surface area contributed by atoms with Gasteiger partial charge in [-0.25, -0.2) is 4.39 Å². The third-order valence-corrected chi connectivity index (χ3v) is 4.25. The number of likely N-dealkylation sites (tertiary alicyclic amines) is 1. The average Bonchev–Trinajstić information content (AvgIpc) is 2.39. The number of hydrogen-bond donors (Lipinski definition) is 1. The highest BCUT2D eigenvalue weighted by molar-refractivity contribution is 5.20. The first-order valence-electron chi connectivity index (χ1n) is 7.27. The van der Waals surface area contributed by atoms with Crippen molar-refractivity contribution in [2.75, 3.05) is 20.1 Å². The fourth-order valence-electron chi connectivity index (χ4n) is 3.06. The Morgan fingerprint density at radius 2 is 2.05 bits per heavy atom. The Kier molecular flexibility index (Phi) is 4.94. The molecule has 0 aliphatic carbocycles. The van der Waals surface area contributed by atoms with Crippen LogP contribution in [0.25, 0.3) is 0 Å². The van der Waals surface area contributed by atoms with E-state index in [4.69, 9.17) is 0 Å². The van der Waals surface area contributed by atoms with Crippen molar-refractivity contribution in [1.29, 1.82) is 0 Å². The van der Waals surface area contributed by atoms with E-state index >= 15 is 0 Å². The Bertz CT molecular complexity index is 407. The highest BCUT2D eigenvalue weighted by Crippen LogP contribution is 2.22. The quantitative estimate of drug-likeness (QED) is 0.898. The van der Waals surface area contributed by atoms with E-state index in [1.165, 1.54) is 25.5 Å². The van der Waals surface area contributed by atoms with Gasteiger partial charge in [-0.15, -0.1) is 0 Å². The largest absolute Gasteiger partial charge is 0.307 e. The lowest BCUT2D eigenvalue weighted by molar-refractivity contribution is 0.174. The van der Waals surface area contributed by atoms with Gasteiger partial charge in [-0.2, -0.15) is 0 Å². The van der Waals surface area contributed by atoms with Crippen molar-refractivity contribution in [3.63, 3.8) is 0 Å². The lowest BCUT2D eigenvalue weighted by Gasteiger charge is -2.35. The van der Waals surface area contributed by atoms with E-state index in [-0.39, 0.29) is 11.9 Å². The molecule has 0 radical (unpaired) electrons. The molecule has 3 atom stereocenters. The molecule has 1 aromatic carbocycles. The highest BCUT2D eigenvalue weighted by Gasteiger charge is 2.24. The van der Waals surface area contributed by atoms with E-state index in [1.807, 2.05) is 19.1 Å². The van der Waals surface area contributed by atoms with Crippen LogP contribution in [0.1, 0.15) is 38.3 Å². The maximum absolute atomic E-state index is 13.7. The number of rotatable bonds is 4. The normalized spacial score (nSPS) is 24.1. The second kappa shape index (κ2) is 6.49. The van der Waals surface area contributed by atoms with Crippen molar-refractivity contribution in [3.05, 3.63) is 35.6 Å². The van der Waals surface area contributed by atoms with Crippen LogP contribution in [-0.4, -0.2) is 31.1 Å². The number of halogens is 1. The molecule has 1 fully saturated rings. The van der Waals surface area contributed by atoms with Gasteiger partial charge in [-0.05, 0) is 52.3 Å². The highest BCUT2D eigenvalue weighted by atomic mass is 19.1. The van der Waals surface area contributed by atoms with Crippen molar-refractivity contribution < 1.29 is 4.39 Å². The van der Waals surface area contributed by atoms with Crippen LogP contribution in [0.3, 0.4) is 0 Å². The molecule has 19 heavy (non-hydrogen) atoms. The molecule has 1 aliphatic heterocycles. The Labute approximate surface area is 116 Å². The van der Waals surface area contributed by atoms with Gasteiger partial charge in [0.2, 0.25) is 0 Å². The molecular formula is C16H25FN2. The minimum Gasteiger partial charge on any atom is -0.307 e. The third-order valence-electron chi connectivity index (χ3n) is 4.25. The summed E-state index contributed by atoms with van der Waals surface area (Å²) >= 11 is 0. The molecule has 3 heteroatoms. The molecule has 0 aromatic heterocycles. The fraction of sp³-hybridized carbons (Fsp3) is 0.625. The van der Waals surface area contributed by atoms with Crippen molar-refractivity contribution >= 4 is 0 Å². The van der Waals surface area contributed by atoms with Crippen LogP contribution in [0, 0.1) is 11.7 Å². The van der Waals surface area contributed by atoms with Crippen LogP contribution in [0.15, 0.2) is 24.3 Å². The molecule has 2 rings (SSSR count). The van der Waals surface area contributed by atoms with Crippen LogP contribution in [0.2, 0.25) is 0 Å². The first-order valence-corrected chi connectivity index (χ1v) is 7.27. The molecule has 1 aromatic rings. The standard InChI is InChI=1S/C16H25FN2/c1-12(14-7-6-10-19(3)11-14)18-13(2)15-8-4-5-9-16(15)17/h4-5,8-9,12-14,18H,6-7,10-11H2,1-3H3/t12?,13-,14?/m1/s1. The molecule has 0 amide bonds. The van der Waals surface area contributed by atoms with Crippen molar-refractivity contribution in [1.82, 2.24) is 10.2 Å². The molecule has 1 aliphatic rings. The Morgan fingerprint density at radius 1 is 1.32 bits per heavy atom. The Balaban J connectivity index is 1.95. The van der Waals surface area contributed by atoms with Gasteiger partial charge in [0.15, 0.2) is 0 Å². The van der Waals surface area contributed by atoms with Crippen LogP contribution in [0.5, 0.6) is 0 Å². The van der Waals surface area contributed by atoms with Crippen molar-refractivity contribution in [3.8, 4) is 0 Å². The first-order chi connectivity index (χ1) is 9.08. The molecule has 0 bridgehead atoms.